The number of nitrogens with zero attached hydrogens (tertiary/aromatic N) is 2. The number of fused-ring (bicyclic) bond motifs is 1. The quantitative estimate of drug-likeness (QED) is 0.659. The fourth-order valence-electron chi connectivity index (χ4n) is 2.68. The van der Waals surface area contributed by atoms with Gasteiger partial charge >= 0.3 is 0 Å². The van der Waals surface area contributed by atoms with Crippen molar-refractivity contribution in [3.63, 3.8) is 0 Å². The molecule has 0 saturated heterocycles. The minimum absolute atomic E-state index is 0.0394. The van der Waals surface area contributed by atoms with Gasteiger partial charge in [0.15, 0.2) is 0 Å². The summed E-state index contributed by atoms with van der Waals surface area (Å²) in [7, 11) is 1.83. The molecule has 1 amide bonds. The van der Waals surface area contributed by atoms with Crippen LogP contribution in [-0.2, 0) is 4.79 Å². The van der Waals surface area contributed by atoms with Crippen molar-refractivity contribution < 1.29 is 4.79 Å². The Morgan fingerprint density at radius 3 is 2.58 bits per heavy atom. The maximum absolute atomic E-state index is 12.6. The number of aromatic nitrogens is 1. The summed E-state index contributed by atoms with van der Waals surface area (Å²) in [6, 6.07) is 15.7. The Morgan fingerprint density at radius 2 is 1.88 bits per heavy atom. The molecule has 0 unspecified atom stereocenters. The molecule has 6 heteroatoms. The highest BCUT2D eigenvalue weighted by Gasteiger charge is 2.21. The molecule has 136 valence electrons. The summed E-state index contributed by atoms with van der Waals surface area (Å²) in [5, 5.41) is 4.94. The summed E-state index contributed by atoms with van der Waals surface area (Å²) < 4.78 is 1.14. The van der Waals surface area contributed by atoms with E-state index in [-0.39, 0.29) is 24.5 Å². The van der Waals surface area contributed by atoms with Crippen LogP contribution in [0.15, 0.2) is 48.5 Å². The molecule has 0 fully saturated rings. The van der Waals surface area contributed by atoms with E-state index in [1.165, 1.54) is 0 Å². The molecule has 0 aliphatic carbocycles. The van der Waals surface area contributed by atoms with E-state index in [2.05, 4.69) is 16.4 Å². The molecule has 1 heterocycles. The first kappa shape index (κ1) is 18.8. The summed E-state index contributed by atoms with van der Waals surface area (Å²) in [5.41, 5.74) is 2.08. The van der Waals surface area contributed by atoms with E-state index in [1.54, 1.807) is 16.2 Å². The minimum atomic E-state index is -0.0625. The second-order valence-corrected chi connectivity index (χ2v) is 7.85. The zero-order valence-electron chi connectivity index (χ0n) is 15.1. The van der Waals surface area contributed by atoms with Gasteiger partial charge in [-0.25, -0.2) is 4.98 Å². The molecule has 26 heavy (non-hydrogen) atoms. The number of halogens is 1. The van der Waals surface area contributed by atoms with E-state index >= 15 is 0 Å². The Balaban J connectivity index is 1.60. The van der Waals surface area contributed by atoms with Crippen LogP contribution in [0.5, 0.6) is 0 Å². The van der Waals surface area contributed by atoms with Gasteiger partial charge in [-0.15, -0.1) is 11.3 Å². The van der Waals surface area contributed by atoms with Crippen molar-refractivity contribution in [2.45, 2.75) is 25.9 Å². The maximum atomic E-state index is 12.6. The SMILES string of the molecule is C[C@@H](NCC(=O)N(C)[C@@H](C)c1nc2ccccc2s1)c1ccc(Cl)cc1. The number of nitrogens with one attached hydrogen (secondary N) is 1. The van der Waals surface area contributed by atoms with Crippen LogP contribution in [0.1, 0.15) is 36.5 Å². The number of para-hydroxylation sites is 1. The maximum Gasteiger partial charge on any atom is 0.236 e. The Kier molecular flexibility index (Phi) is 5.91. The van der Waals surface area contributed by atoms with Crippen molar-refractivity contribution in [2.24, 2.45) is 0 Å². The van der Waals surface area contributed by atoms with Crippen molar-refractivity contribution in [1.82, 2.24) is 15.2 Å². The van der Waals surface area contributed by atoms with Gasteiger partial charge in [0.05, 0.1) is 22.8 Å². The number of hydrogen-bond donors (Lipinski definition) is 1. The summed E-state index contributed by atoms with van der Waals surface area (Å²) in [4.78, 5) is 19.0. The van der Waals surface area contributed by atoms with Gasteiger partial charge in [-0.2, -0.15) is 0 Å². The van der Waals surface area contributed by atoms with Crippen LogP contribution >= 0.6 is 22.9 Å². The zero-order valence-corrected chi connectivity index (χ0v) is 16.6. The van der Waals surface area contributed by atoms with Gasteiger partial charge < -0.3 is 10.2 Å². The fourth-order valence-corrected chi connectivity index (χ4v) is 3.87. The van der Waals surface area contributed by atoms with Crippen LogP contribution in [0.25, 0.3) is 10.2 Å². The molecule has 1 aromatic heterocycles. The third kappa shape index (κ3) is 4.23. The van der Waals surface area contributed by atoms with Gasteiger partial charge in [-0.1, -0.05) is 35.9 Å². The molecule has 4 nitrogen and oxygen atoms in total. The first-order chi connectivity index (χ1) is 12.5. The fraction of sp³-hybridized carbons (Fsp3) is 0.300. The van der Waals surface area contributed by atoms with E-state index in [0.717, 1.165) is 20.8 Å². The highest BCUT2D eigenvalue weighted by molar-refractivity contribution is 7.18. The average Bonchev–Trinajstić information content (AvgIpc) is 3.09. The topological polar surface area (TPSA) is 45.2 Å². The molecule has 2 atom stereocenters. The number of rotatable bonds is 6. The second kappa shape index (κ2) is 8.16. The number of carbonyl (C=O) groups is 1. The van der Waals surface area contributed by atoms with Crippen LogP contribution in [0.2, 0.25) is 5.02 Å². The predicted octanol–water partition coefficient (Wildman–Crippen LogP) is 4.82. The average molecular weight is 388 g/mol. The lowest BCUT2D eigenvalue weighted by atomic mass is 10.1. The van der Waals surface area contributed by atoms with Crippen molar-refractivity contribution in [3.8, 4) is 0 Å². The van der Waals surface area contributed by atoms with Gasteiger partial charge in [-0.05, 0) is 43.7 Å². The molecule has 1 N–H and O–H groups in total. The first-order valence-corrected chi connectivity index (χ1v) is 9.75. The Labute approximate surface area is 162 Å². The lowest BCUT2D eigenvalue weighted by Crippen LogP contribution is -2.37. The predicted molar refractivity (Wildman–Crippen MR) is 109 cm³/mol. The largest absolute Gasteiger partial charge is 0.335 e. The molecule has 0 radical (unpaired) electrons. The summed E-state index contributed by atoms with van der Waals surface area (Å²) >= 11 is 7.56. The van der Waals surface area contributed by atoms with Crippen LogP contribution < -0.4 is 5.32 Å². The monoisotopic (exact) mass is 387 g/mol. The molecule has 0 aliphatic rings. The standard InChI is InChI=1S/C20H22ClN3OS/c1-13(15-8-10-16(21)11-9-15)22-12-19(25)24(3)14(2)20-23-17-6-4-5-7-18(17)26-20/h4-11,13-14,22H,12H2,1-3H3/t13-,14+/m1/s1. The molecule has 0 aliphatic heterocycles. The van der Waals surface area contributed by atoms with Crippen LogP contribution in [-0.4, -0.2) is 29.4 Å². The van der Waals surface area contributed by atoms with E-state index in [0.29, 0.717) is 5.02 Å². The number of likely N-dealkylation sites (N-methyl/N-ethyl adjacent to an activating group) is 1. The van der Waals surface area contributed by atoms with Crippen LogP contribution in [0, 0.1) is 0 Å². The summed E-state index contributed by atoms with van der Waals surface area (Å²) in [6.45, 7) is 4.32. The van der Waals surface area contributed by atoms with E-state index in [4.69, 9.17) is 11.6 Å². The Bertz CT molecular complexity index is 860. The highest BCUT2D eigenvalue weighted by atomic mass is 35.5. The van der Waals surface area contributed by atoms with Crippen molar-refractivity contribution in [1.29, 1.82) is 0 Å². The zero-order chi connectivity index (χ0) is 18.7. The summed E-state index contributed by atoms with van der Waals surface area (Å²) in [5.74, 6) is 0.0394. The van der Waals surface area contributed by atoms with Gasteiger partial charge in [0.1, 0.15) is 5.01 Å². The molecular weight excluding hydrogens is 366 g/mol. The van der Waals surface area contributed by atoms with Gasteiger partial charge in [0.25, 0.3) is 0 Å². The molecule has 3 rings (SSSR count). The molecule has 0 bridgehead atoms. The Hall–Kier alpha value is -1.95. The van der Waals surface area contributed by atoms with Crippen molar-refractivity contribution >= 4 is 39.1 Å². The number of amides is 1. The number of carbonyl (C=O) groups excluding carboxylic acids is 1. The minimum Gasteiger partial charge on any atom is -0.335 e. The number of benzene rings is 2. The normalized spacial score (nSPS) is 13.5. The Morgan fingerprint density at radius 1 is 1.19 bits per heavy atom. The van der Waals surface area contributed by atoms with Crippen LogP contribution in [0.4, 0.5) is 0 Å². The van der Waals surface area contributed by atoms with E-state index in [1.807, 2.05) is 63.4 Å². The smallest absolute Gasteiger partial charge is 0.236 e. The lowest BCUT2D eigenvalue weighted by molar-refractivity contribution is -0.131. The first-order valence-electron chi connectivity index (χ1n) is 8.55. The number of thiazole rings is 1. The van der Waals surface area contributed by atoms with Crippen molar-refractivity contribution in [2.75, 3.05) is 13.6 Å². The molecular formula is C20H22ClN3OS. The third-order valence-electron chi connectivity index (χ3n) is 4.57. The van der Waals surface area contributed by atoms with E-state index < -0.39 is 0 Å². The lowest BCUT2D eigenvalue weighted by Gasteiger charge is -2.24. The highest BCUT2D eigenvalue weighted by Crippen LogP contribution is 2.28. The second-order valence-electron chi connectivity index (χ2n) is 6.35. The van der Waals surface area contributed by atoms with E-state index in [9.17, 15) is 4.79 Å². The molecule has 0 saturated carbocycles. The van der Waals surface area contributed by atoms with Gasteiger partial charge in [0.2, 0.25) is 5.91 Å². The molecule has 3 aromatic rings. The molecule has 2 aromatic carbocycles. The molecule has 0 spiro atoms. The third-order valence-corrected chi connectivity index (χ3v) is 6.03. The van der Waals surface area contributed by atoms with Crippen LogP contribution in [0.3, 0.4) is 0 Å². The number of hydrogen-bond acceptors (Lipinski definition) is 4. The van der Waals surface area contributed by atoms with Gasteiger partial charge in [-0.3, -0.25) is 4.79 Å². The van der Waals surface area contributed by atoms with Gasteiger partial charge in [0, 0.05) is 18.1 Å². The van der Waals surface area contributed by atoms with Crippen molar-refractivity contribution in [3.05, 3.63) is 64.1 Å². The summed E-state index contributed by atoms with van der Waals surface area (Å²) in [6.07, 6.45) is 0.